The summed E-state index contributed by atoms with van der Waals surface area (Å²) in [6, 6.07) is 7.90. The van der Waals surface area contributed by atoms with Crippen LogP contribution >= 0.6 is 23.4 Å². The van der Waals surface area contributed by atoms with E-state index in [0.29, 0.717) is 6.61 Å². The van der Waals surface area contributed by atoms with Crippen LogP contribution in [0.4, 0.5) is 18.9 Å². The van der Waals surface area contributed by atoms with Crippen molar-refractivity contribution in [2.24, 2.45) is 0 Å². The van der Waals surface area contributed by atoms with Crippen LogP contribution in [0.15, 0.2) is 36.4 Å². The van der Waals surface area contributed by atoms with E-state index < -0.39 is 35.7 Å². The Bertz CT molecular complexity index is 1010. The minimum Gasteiger partial charge on any atom is -0.465 e. The molecule has 0 spiro atoms. The normalized spacial score (nSPS) is 11.8. The van der Waals surface area contributed by atoms with Crippen LogP contribution in [-0.2, 0) is 21.5 Å². The highest BCUT2D eigenvalue weighted by atomic mass is 35.5. The van der Waals surface area contributed by atoms with Gasteiger partial charge >= 0.3 is 12.1 Å². The largest absolute Gasteiger partial charge is 0.465 e. The number of rotatable bonds is 10. The average molecular weight is 522 g/mol. The zero-order chi connectivity index (χ0) is 24.8. The number of carbonyl (C=O) groups is 1. The molecule has 12 heteroatoms. The molecule has 0 N–H and O–H groups in total. The van der Waals surface area contributed by atoms with Crippen LogP contribution in [-0.4, -0.2) is 31.3 Å². The quantitative estimate of drug-likeness (QED) is 0.143. The van der Waals surface area contributed by atoms with Crippen LogP contribution in [0.3, 0.4) is 0 Å². The Labute approximate surface area is 199 Å². The Balaban J connectivity index is 2.10. The molecule has 0 aliphatic heterocycles. The van der Waals surface area contributed by atoms with Crippen LogP contribution in [0, 0.1) is 10.1 Å². The van der Waals surface area contributed by atoms with Crippen molar-refractivity contribution in [1.29, 1.82) is 0 Å². The molecule has 0 saturated heterocycles. The van der Waals surface area contributed by atoms with E-state index in [-0.39, 0.29) is 34.3 Å². The molecule has 180 valence electrons. The molecule has 0 fully saturated rings. The lowest BCUT2D eigenvalue weighted by atomic mass is 10.2. The second-order valence-corrected chi connectivity index (χ2v) is 15.3. The van der Waals surface area contributed by atoms with Crippen LogP contribution in [0.5, 0.6) is 11.5 Å². The van der Waals surface area contributed by atoms with Gasteiger partial charge in [0, 0.05) is 25.5 Å². The number of nitro benzene ring substituents is 1. The fourth-order valence-corrected chi connectivity index (χ4v) is 4.40. The number of nitro groups is 1. The number of benzene rings is 2. The first-order valence-corrected chi connectivity index (χ1v) is 15.1. The fourth-order valence-electron chi connectivity index (χ4n) is 2.61. The second-order valence-electron chi connectivity index (χ2n) is 8.29. The van der Waals surface area contributed by atoms with Crippen molar-refractivity contribution in [3.63, 3.8) is 0 Å². The number of carbonyl (C=O) groups excluding carboxylic acids is 1. The highest BCUT2D eigenvalue weighted by Crippen LogP contribution is 2.41. The fraction of sp³-hybridized carbons (Fsp3) is 0.381. The molecule has 0 amide bonds. The van der Waals surface area contributed by atoms with E-state index in [1.165, 1.54) is 24.3 Å². The van der Waals surface area contributed by atoms with Crippen molar-refractivity contribution in [3.8, 4) is 11.5 Å². The van der Waals surface area contributed by atoms with E-state index in [1.54, 1.807) is 0 Å². The summed E-state index contributed by atoms with van der Waals surface area (Å²) >= 11 is 6.98. The molecule has 0 aliphatic carbocycles. The number of nitrogens with zero attached hydrogens (tertiary/aromatic N) is 1. The molecule has 0 saturated carbocycles. The van der Waals surface area contributed by atoms with Gasteiger partial charge in [-0.05, 0) is 30.3 Å². The van der Waals surface area contributed by atoms with Crippen molar-refractivity contribution >= 4 is 43.1 Å². The predicted octanol–water partition coefficient (Wildman–Crippen LogP) is 7.17. The molecule has 0 bridgehead atoms. The van der Waals surface area contributed by atoms with E-state index >= 15 is 0 Å². The van der Waals surface area contributed by atoms with Gasteiger partial charge in [0.25, 0.3) is 5.69 Å². The topological polar surface area (TPSA) is 78.7 Å². The zero-order valence-corrected chi connectivity index (χ0v) is 20.8. The third kappa shape index (κ3) is 8.56. The lowest BCUT2D eigenvalue weighted by Crippen LogP contribution is -2.23. The van der Waals surface area contributed by atoms with Gasteiger partial charge in [-0.2, -0.15) is 13.2 Å². The van der Waals surface area contributed by atoms with E-state index in [9.17, 15) is 28.1 Å². The summed E-state index contributed by atoms with van der Waals surface area (Å²) in [5.74, 6) is -0.454. The predicted molar refractivity (Wildman–Crippen MR) is 125 cm³/mol. The molecule has 0 aromatic heterocycles. The molecule has 2 aromatic rings. The Morgan fingerprint density at radius 2 is 1.91 bits per heavy atom. The monoisotopic (exact) mass is 521 g/mol. The summed E-state index contributed by atoms with van der Waals surface area (Å²) in [5, 5.41) is 10.7. The van der Waals surface area contributed by atoms with E-state index in [4.69, 9.17) is 21.1 Å². The first-order valence-electron chi connectivity index (χ1n) is 9.82. The smallest absolute Gasteiger partial charge is 0.417 e. The van der Waals surface area contributed by atoms with Gasteiger partial charge < -0.3 is 9.47 Å². The maximum atomic E-state index is 13.1. The minimum atomic E-state index is -4.66. The van der Waals surface area contributed by atoms with Crippen LogP contribution in [0.1, 0.15) is 11.1 Å². The van der Waals surface area contributed by atoms with Crippen molar-refractivity contribution < 1.29 is 32.4 Å². The Hall–Kier alpha value is -2.24. The number of hydrogen-bond donors (Lipinski definition) is 0. The second kappa shape index (κ2) is 11.3. The maximum absolute atomic E-state index is 13.1. The summed E-state index contributed by atoms with van der Waals surface area (Å²) in [6.45, 7) is 6.83. The molecule has 33 heavy (non-hydrogen) atoms. The van der Waals surface area contributed by atoms with Crippen LogP contribution in [0.25, 0.3) is 0 Å². The van der Waals surface area contributed by atoms with Gasteiger partial charge in [-0.1, -0.05) is 37.3 Å². The maximum Gasteiger partial charge on any atom is 0.417 e. The van der Waals surface area contributed by atoms with Crippen LogP contribution < -0.4 is 4.74 Å². The third-order valence-electron chi connectivity index (χ3n) is 4.34. The molecular formula is C21H23ClF3NO5SSi. The first-order chi connectivity index (χ1) is 15.3. The van der Waals surface area contributed by atoms with Gasteiger partial charge in [0.15, 0.2) is 0 Å². The molecule has 0 unspecified atom stereocenters. The number of esters is 1. The van der Waals surface area contributed by atoms with Gasteiger partial charge in [0.05, 0.1) is 27.9 Å². The van der Waals surface area contributed by atoms with Gasteiger partial charge in [-0.3, -0.25) is 14.9 Å². The van der Waals surface area contributed by atoms with Gasteiger partial charge in [0.2, 0.25) is 0 Å². The molecule has 2 rings (SSSR count). The van der Waals surface area contributed by atoms with Gasteiger partial charge in [-0.15, -0.1) is 11.8 Å². The molecule has 0 atom stereocenters. The number of ether oxygens (including phenoxy) is 2. The standard InChI is InChI=1S/C21H23ClF3NO5SSi/c1-33(2,3)10-9-30-19(27)13-32-12-14-11-15(7-8-17(14)26(28)29)31-18-6-4-5-16(20(18)22)21(23,24)25/h4-8,11H,9-10,12-13H2,1-3H3. The van der Waals surface area contributed by atoms with Crippen molar-refractivity contribution in [1.82, 2.24) is 0 Å². The number of hydrogen-bond acceptors (Lipinski definition) is 6. The SMILES string of the molecule is C[Si](C)(C)CCOC(=O)CSCc1cc(Oc2cccc(C(F)(F)F)c2Cl)ccc1[N+](=O)[O-]. The lowest BCUT2D eigenvalue weighted by molar-refractivity contribution is -0.385. The molecule has 0 heterocycles. The Morgan fingerprint density at radius 3 is 2.52 bits per heavy atom. The Morgan fingerprint density at radius 1 is 1.21 bits per heavy atom. The minimum absolute atomic E-state index is 0.00733. The summed E-state index contributed by atoms with van der Waals surface area (Å²) in [5.41, 5.74) is -0.996. The highest BCUT2D eigenvalue weighted by Gasteiger charge is 2.34. The number of alkyl halides is 3. The van der Waals surface area contributed by atoms with Crippen molar-refractivity contribution in [2.75, 3.05) is 12.4 Å². The molecular weight excluding hydrogens is 499 g/mol. The highest BCUT2D eigenvalue weighted by molar-refractivity contribution is 7.99. The van der Waals surface area contributed by atoms with E-state index in [0.717, 1.165) is 29.9 Å². The van der Waals surface area contributed by atoms with Crippen molar-refractivity contribution in [2.45, 2.75) is 37.6 Å². The third-order valence-corrected chi connectivity index (χ3v) is 7.39. The summed E-state index contributed by atoms with van der Waals surface area (Å²) in [7, 11) is -1.33. The van der Waals surface area contributed by atoms with Crippen molar-refractivity contribution in [3.05, 3.63) is 62.7 Å². The summed E-state index contributed by atoms with van der Waals surface area (Å²) < 4.78 is 49.9. The van der Waals surface area contributed by atoms with E-state index in [1.807, 2.05) is 0 Å². The lowest BCUT2D eigenvalue weighted by Gasteiger charge is -2.15. The number of thioether (sulfide) groups is 1. The van der Waals surface area contributed by atoms with Gasteiger partial charge in [-0.25, -0.2) is 0 Å². The number of halogens is 4. The average Bonchev–Trinajstić information content (AvgIpc) is 2.67. The summed E-state index contributed by atoms with van der Waals surface area (Å²) in [4.78, 5) is 22.7. The van der Waals surface area contributed by atoms with Crippen LogP contribution in [0.2, 0.25) is 30.7 Å². The molecule has 0 aliphatic rings. The molecule has 0 radical (unpaired) electrons. The molecule has 2 aromatic carbocycles. The summed E-state index contributed by atoms with van der Waals surface area (Å²) in [6.07, 6.45) is -4.66. The molecule has 6 nitrogen and oxygen atoms in total. The Kier molecular flexibility index (Phi) is 9.21. The van der Waals surface area contributed by atoms with Gasteiger partial charge in [0.1, 0.15) is 11.5 Å². The zero-order valence-electron chi connectivity index (χ0n) is 18.2. The van der Waals surface area contributed by atoms with E-state index in [2.05, 4.69) is 19.6 Å². The first kappa shape index (κ1) is 27.0.